The summed E-state index contributed by atoms with van der Waals surface area (Å²) >= 11 is 1.18. The molecule has 0 bridgehead atoms. The van der Waals surface area contributed by atoms with Gasteiger partial charge in [-0.3, -0.25) is 9.69 Å². The Kier molecular flexibility index (Phi) is 5.92. The lowest BCUT2D eigenvalue weighted by atomic mass is 10.0. The predicted octanol–water partition coefficient (Wildman–Crippen LogP) is 2.50. The molecule has 0 unspecified atom stereocenters. The fourth-order valence-corrected chi connectivity index (χ4v) is 5.23. The van der Waals surface area contributed by atoms with Gasteiger partial charge in [0.2, 0.25) is 0 Å². The van der Waals surface area contributed by atoms with Crippen molar-refractivity contribution in [3.63, 3.8) is 0 Å². The van der Waals surface area contributed by atoms with Crippen molar-refractivity contribution in [2.24, 2.45) is 0 Å². The van der Waals surface area contributed by atoms with E-state index in [-0.39, 0.29) is 17.6 Å². The van der Waals surface area contributed by atoms with E-state index in [2.05, 4.69) is 14.9 Å². The standard InChI is InChI=1S/C21H24N4O5S/c1-12-16-18(26)22-15(23-19(16)31-17(12)21(28)30-3)11-24-9-6-13(7-10-24)25-8-4-5-14(25)20(27)29-2/h4-5,8,13H,6-7,9-11H2,1-3H3,(H,22,23,26). The first kappa shape index (κ1) is 21.3. The van der Waals surface area contributed by atoms with Gasteiger partial charge in [0.15, 0.2) is 0 Å². The number of aryl methyl sites for hydroxylation is 1. The number of H-pyrrole nitrogens is 1. The van der Waals surface area contributed by atoms with Crippen LogP contribution >= 0.6 is 11.3 Å². The van der Waals surface area contributed by atoms with Gasteiger partial charge in [-0.25, -0.2) is 14.6 Å². The smallest absolute Gasteiger partial charge is 0.354 e. The summed E-state index contributed by atoms with van der Waals surface area (Å²) in [6.07, 6.45) is 3.66. The number of esters is 2. The number of likely N-dealkylation sites (tertiary alicyclic amines) is 1. The summed E-state index contributed by atoms with van der Waals surface area (Å²) in [5.41, 5.74) is 0.918. The average molecular weight is 445 g/mol. The van der Waals surface area contributed by atoms with E-state index in [1.165, 1.54) is 25.6 Å². The Balaban J connectivity index is 1.48. The molecule has 10 heteroatoms. The number of aromatic nitrogens is 3. The van der Waals surface area contributed by atoms with Gasteiger partial charge in [0.25, 0.3) is 5.56 Å². The second-order valence-corrected chi connectivity index (χ2v) is 8.54. The first-order valence-corrected chi connectivity index (χ1v) is 10.8. The summed E-state index contributed by atoms with van der Waals surface area (Å²) in [6, 6.07) is 3.85. The van der Waals surface area contributed by atoms with Crippen LogP contribution in [-0.2, 0) is 16.0 Å². The van der Waals surface area contributed by atoms with Crippen LogP contribution in [0.5, 0.6) is 0 Å². The van der Waals surface area contributed by atoms with Crippen molar-refractivity contribution in [3.8, 4) is 0 Å². The highest BCUT2D eigenvalue weighted by Crippen LogP contribution is 2.28. The minimum Gasteiger partial charge on any atom is -0.465 e. The number of aromatic amines is 1. The molecule has 4 heterocycles. The molecule has 0 saturated carbocycles. The fourth-order valence-electron chi connectivity index (χ4n) is 4.11. The van der Waals surface area contributed by atoms with Crippen LogP contribution in [0.1, 0.15) is 50.4 Å². The lowest BCUT2D eigenvalue weighted by Gasteiger charge is -2.33. The maximum Gasteiger partial charge on any atom is 0.354 e. The largest absolute Gasteiger partial charge is 0.465 e. The second-order valence-electron chi connectivity index (χ2n) is 7.54. The van der Waals surface area contributed by atoms with E-state index in [1.54, 1.807) is 13.0 Å². The summed E-state index contributed by atoms with van der Waals surface area (Å²) in [5.74, 6) is -0.218. The Morgan fingerprint density at radius 2 is 1.94 bits per heavy atom. The second kappa shape index (κ2) is 8.64. The van der Waals surface area contributed by atoms with E-state index >= 15 is 0 Å². The number of nitrogens with one attached hydrogen (secondary N) is 1. The Hall–Kier alpha value is -2.98. The summed E-state index contributed by atoms with van der Waals surface area (Å²) in [7, 11) is 2.71. The predicted molar refractivity (Wildman–Crippen MR) is 116 cm³/mol. The first-order valence-electron chi connectivity index (χ1n) is 10.0. The highest BCUT2D eigenvalue weighted by atomic mass is 32.1. The number of thiophene rings is 1. The van der Waals surface area contributed by atoms with Crippen LogP contribution in [0.25, 0.3) is 10.2 Å². The molecule has 1 saturated heterocycles. The number of fused-ring (bicyclic) bond motifs is 1. The van der Waals surface area contributed by atoms with Crippen molar-refractivity contribution in [1.82, 2.24) is 19.4 Å². The molecule has 0 atom stereocenters. The monoisotopic (exact) mass is 444 g/mol. The molecule has 0 aliphatic carbocycles. The van der Waals surface area contributed by atoms with Crippen LogP contribution in [0.4, 0.5) is 0 Å². The van der Waals surface area contributed by atoms with Crippen molar-refractivity contribution in [2.75, 3.05) is 27.3 Å². The molecular formula is C21H24N4O5S. The van der Waals surface area contributed by atoms with Gasteiger partial charge in [-0.05, 0) is 37.5 Å². The van der Waals surface area contributed by atoms with E-state index < -0.39 is 5.97 Å². The Labute approximate surface area is 182 Å². The van der Waals surface area contributed by atoms with Crippen molar-refractivity contribution in [2.45, 2.75) is 32.4 Å². The van der Waals surface area contributed by atoms with Crippen LogP contribution in [0.2, 0.25) is 0 Å². The summed E-state index contributed by atoms with van der Waals surface area (Å²) < 4.78 is 11.7. The summed E-state index contributed by atoms with van der Waals surface area (Å²) in [5, 5.41) is 0.441. The minimum absolute atomic E-state index is 0.220. The van der Waals surface area contributed by atoms with Crippen molar-refractivity contribution in [1.29, 1.82) is 0 Å². The zero-order chi connectivity index (χ0) is 22.1. The van der Waals surface area contributed by atoms with E-state index in [4.69, 9.17) is 9.47 Å². The van der Waals surface area contributed by atoms with Gasteiger partial charge in [0.05, 0.1) is 26.2 Å². The number of hydrogen-bond donors (Lipinski definition) is 1. The molecule has 3 aromatic heterocycles. The number of ether oxygens (including phenoxy) is 2. The normalized spacial score (nSPS) is 15.3. The van der Waals surface area contributed by atoms with E-state index in [1.807, 2.05) is 16.8 Å². The molecule has 31 heavy (non-hydrogen) atoms. The van der Waals surface area contributed by atoms with Gasteiger partial charge in [-0.2, -0.15) is 0 Å². The summed E-state index contributed by atoms with van der Waals surface area (Å²) in [6.45, 7) is 3.86. The third-order valence-corrected chi connectivity index (χ3v) is 6.88. The number of nitrogens with zero attached hydrogens (tertiary/aromatic N) is 3. The number of carbonyl (C=O) groups excluding carboxylic acids is 2. The Morgan fingerprint density at radius 1 is 1.23 bits per heavy atom. The topological polar surface area (TPSA) is 107 Å². The Morgan fingerprint density at radius 3 is 2.61 bits per heavy atom. The van der Waals surface area contributed by atoms with Gasteiger partial charge in [0, 0.05) is 25.3 Å². The lowest BCUT2D eigenvalue weighted by molar-refractivity contribution is 0.0578. The van der Waals surface area contributed by atoms with Crippen LogP contribution in [-0.4, -0.2) is 58.7 Å². The zero-order valence-electron chi connectivity index (χ0n) is 17.6. The highest BCUT2D eigenvalue weighted by molar-refractivity contribution is 7.20. The molecule has 1 N–H and O–H groups in total. The van der Waals surface area contributed by atoms with Gasteiger partial charge in [0.1, 0.15) is 21.2 Å². The van der Waals surface area contributed by atoms with E-state index in [0.717, 1.165) is 25.9 Å². The van der Waals surface area contributed by atoms with Crippen molar-refractivity contribution >= 4 is 33.5 Å². The molecular weight excluding hydrogens is 420 g/mol. The molecule has 0 radical (unpaired) electrons. The maximum atomic E-state index is 12.6. The molecule has 1 aliphatic heterocycles. The van der Waals surface area contributed by atoms with E-state index in [9.17, 15) is 14.4 Å². The van der Waals surface area contributed by atoms with Crippen LogP contribution in [0, 0.1) is 6.92 Å². The number of carbonyl (C=O) groups is 2. The van der Waals surface area contributed by atoms with E-state index in [0.29, 0.717) is 38.7 Å². The SMILES string of the molecule is COC(=O)c1sc2nc(CN3CCC(n4cccc4C(=O)OC)CC3)[nH]c(=O)c2c1C. The van der Waals surface area contributed by atoms with Crippen LogP contribution in [0.15, 0.2) is 23.1 Å². The van der Waals surface area contributed by atoms with Crippen LogP contribution < -0.4 is 5.56 Å². The molecule has 0 amide bonds. The first-order chi connectivity index (χ1) is 14.9. The maximum absolute atomic E-state index is 12.6. The van der Waals surface area contributed by atoms with Crippen molar-refractivity contribution in [3.05, 3.63) is 50.6 Å². The Bertz CT molecular complexity index is 1190. The number of piperidine rings is 1. The molecule has 4 rings (SSSR count). The number of rotatable bonds is 5. The third-order valence-electron chi connectivity index (χ3n) is 5.72. The molecule has 1 fully saturated rings. The van der Waals surface area contributed by atoms with Gasteiger partial charge in [-0.1, -0.05) is 0 Å². The van der Waals surface area contributed by atoms with Gasteiger partial charge >= 0.3 is 11.9 Å². The molecule has 0 aromatic carbocycles. The molecule has 1 aliphatic rings. The third kappa shape index (κ3) is 4.00. The fraction of sp³-hybridized carbons (Fsp3) is 0.429. The quantitative estimate of drug-likeness (QED) is 0.603. The van der Waals surface area contributed by atoms with Crippen molar-refractivity contribution < 1.29 is 19.1 Å². The minimum atomic E-state index is -0.458. The molecule has 0 spiro atoms. The lowest BCUT2D eigenvalue weighted by Crippen LogP contribution is -2.35. The molecule has 9 nitrogen and oxygen atoms in total. The highest BCUT2D eigenvalue weighted by Gasteiger charge is 2.25. The van der Waals surface area contributed by atoms with Gasteiger partial charge < -0.3 is 19.0 Å². The van der Waals surface area contributed by atoms with Gasteiger partial charge in [-0.15, -0.1) is 11.3 Å². The zero-order valence-corrected chi connectivity index (χ0v) is 18.5. The molecule has 3 aromatic rings. The molecule has 164 valence electrons. The average Bonchev–Trinajstić information content (AvgIpc) is 3.38. The number of hydrogen-bond acceptors (Lipinski definition) is 8. The van der Waals surface area contributed by atoms with Crippen LogP contribution in [0.3, 0.4) is 0 Å². The number of methoxy groups -OCH3 is 2. The summed E-state index contributed by atoms with van der Waals surface area (Å²) in [4.78, 5) is 47.1.